The standard InChI is InChI=1S/C13H18BBrFN5O2/c15-10-5-4-9(11(16)7-10)8-21-13(18-19-20-21)12(17)3-1-2-6-14(22)23/h4-5,7,12,22-23H,1-3,6,8,17H2. The van der Waals surface area contributed by atoms with Crippen LogP contribution in [0, 0.1) is 5.82 Å². The number of hydrogen-bond acceptors (Lipinski definition) is 6. The topological polar surface area (TPSA) is 110 Å². The summed E-state index contributed by atoms with van der Waals surface area (Å²) >= 11 is 3.21. The summed E-state index contributed by atoms with van der Waals surface area (Å²) in [4.78, 5) is 0. The highest BCUT2D eigenvalue weighted by atomic mass is 79.9. The maximum Gasteiger partial charge on any atom is 0.451 e. The summed E-state index contributed by atoms with van der Waals surface area (Å²) in [5.74, 6) is 0.142. The predicted molar refractivity (Wildman–Crippen MR) is 86.8 cm³/mol. The Morgan fingerprint density at radius 2 is 2.13 bits per heavy atom. The quantitative estimate of drug-likeness (QED) is 0.466. The lowest BCUT2D eigenvalue weighted by molar-refractivity contribution is 0.400. The zero-order valence-corrected chi connectivity index (χ0v) is 14.0. The smallest absolute Gasteiger partial charge is 0.427 e. The van der Waals surface area contributed by atoms with Crippen LogP contribution in [0.5, 0.6) is 0 Å². The minimum absolute atomic E-state index is 0.199. The molecule has 4 N–H and O–H groups in total. The first kappa shape index (κ1) is 18.0. The maximum atomic E-state index is 13.9. The van der Waals surface area contributed by atoms with Gasteiger partial charge >= 0.3 is 7.12 Å². The minimum atomic E-state index is -1.29. The van der Waals surface area contributed by atoms with Crippen molar-refractivity contribution in [3.63, 3.8) is 0 Å². The van der Waals surface area contributed by atoms with Crippen molar-refractivity contribution < 1.29 is 14.4 Å². The Morgan fingerprint density at radius 3 is 2.83 bits per heavy atom. The van der Waals surface area contributed by atoms with Crippen molar-refractivity contribution in [2.45, 2.75) is 38.2 Å². The van der Waals surface area contributed by atoms with Crippen LogP contribution in [0.15, 0.2) is 22.7 Å². The summed E-state index contributed by atoms with van der Waals surface area (Å²) in [6.07, 6.45) is 2.28. The van der Waals surface area contributed by atoms with E-state index >= 15 is 0 Å². The van der Waals surface area contributed by atoms with Gasteiger partial charge in [-0.05, 0) is 35.3 Å². The summed E-state index contributed by atoms with van der Waals surface area (Å²) < 4.78 is 16.1. The lowest BCUT2D eigenvalue weighted by Crippen LogP contribution is -2.19. The van der Waals surface area contributed by atoms with Crippen LogP contribution in [0.3, 0.4) is 0 Å². The van der Waals surface area contributed by atoms with Crippen LogP contribution >= 0.6 is 15.9 Å². The molecule has 0 aliphatic carbocycles. The number of rotatable bonds is 8. The number of benzene rings is 1. The molecule has 1 atom stereocenters. The van der Waals surface area contributed by atoms with Crippen molar-refractivity contribution in [2.24, 2.45) is 5.73 Å². The monoisotopic (exact) mass is 385 g/mol. The molecule has 23 heavy (non-hydrogen) atoms. The second-order valence-corrected chi connectivity index (χ2v) is 6.22. The van der Waals surface area contributed by atoms with E-state index in [0.717, 1.165) is 6.42 Å². The Hall–Kier alpha value is -1.36. The molecule has 7 nitrogen and oxygen atoms in total. The van der Waals surface area contributed by atoms with Gasteiger partial charge in [0.1, 0.15) is 5.82 Å². The lowest BCUT2D eigenvalue weighted by Gasteiger charge is -2.12. The van der Waals surface area contributed by atoms with Gasteiger partial charge in [-0.15, -0.1) is 5.10 Å². The van der Waals surface area contributed by atoms with Gasteiger partial charge < -0.3 is 15.8 Å². The summed E-state index contributed by atoms with van der Waals surface area (Å²) in [6, 6.07) is 4.42. The fourth-order valence-electron chi connectivity index (χ4n) is 2.22. The molecule has 1 aromatic carbocycles. The average Bonchev–Trinajstić information content (AvgIpc) is 2.94. The molecule has 1 unspecified atom stereocenters. The zero-order valence-electron chi connectivity index (χ0n) is 12.4. The van der Waals surface area contributed by atoms with E-state index in [4.69, 9.17) is 15.8 Å². The van der Waals surface area contributed by atoms with Crippen LogP contribution in [-0.4, -0.2) is 37.4 Å². The van der Waals surface area contributed by atoms with E-state index in [-0.39, 0.29) is 18.4 Å². The third-order valence-corrected chi connectivity index (χ3v) is 3.95. The number of hydrogen-bond donors (Lipinski definition) is 3. The van der Waals surface area contributed by atoms with E-state index in [1.807, 2.05) is 0 Å². The van der Waals surface area contributed by atoms with Crippen LogP contribution in [0.1, 0.15) is 36.7 Å². The van der Waals surface area contributed by atoms with Gasteiger partial charge in [0.2, 0.25) is 0 Å². The van der Waals surface area contributed by atoms with Crippen molar-refractivity contribution in [2.75, 3.05) is 0 Å². The molecule has 2 aromatic rings. The van der Waals surface area contributed by atoms with E-state index in [1.54, 1.807) is 12.1 Å². The number of tetrazole rings is 1. The number of nitrogens with two attached hydrogens (primary N) is 1. The molecular formula is C13H18BBrFN5O2. The van der Waals surface area contributed by atoms with Gasteiger partial charge in [-0.2, -0.15) is 0 Å². The van der Waals surface area contributed by atoms with E-state index in [2.05, 4.69) is 31.5 Å². The molecule has 2 rings (SSSR count). The Labute approximate surface area is 142 Å². The Balaban J connectivity index is 1.98. The average molecular weight is 386 g/mol. The molecule has 0 aliphatic heterocycles. The van der Waals surface area contributed by atoms with Gasteiger partial charge in [0.15, 0.2) is 5.82 Å². The van der Waals surface area contributed by atoms with E-state index in [1.165, 1.54) is 10.7 Å². The first-order valence-corrected chi connectivity index (χ1v) is 8.08. The fraction of sp³-hybridized carbons (Fsp3) is 0.462. The van der Waals surface area contributed by atoms with Gasteiger partial charge in [-0.1, -0.05) is 34.8 Å². The van der Waals surface area contributed by atoms with Crippen LogP contribution in [-0.2, 0) is 6.54 Å². The van der Waals surface area contributed by atoms with Gasteiger partial charge in [-0.3, -0.25) is 0 Å². The summed E-state index contributed by atoms with van der Waals surface area (Å²) in [5, 5.41) is 29.0. The highest BCUT2D eigenvalue weighted by Crippen LogP contribution is 2.19. The van der Waals surface area contributed by atoms with Crippen LogP contribution < -0.4 is 5.73 Å². The third kappa shape index (κ3) is 5.34. The molecule has 1 aromatic heterocycles. The number of unbranched alkanes of at least 4 members (excludes halogenated alkanes) is 1. The van der Waals surface area contributed by atoms with Crippen molar-refractivity contribution in [3.05, 3.63) is 39.9 Å². The summed E-state index contributed by atoms with van der Waals surface area (Å²) in [7, 11) is -1.29. The Morgan fingerprint density at radius 1 is 1.35 bits per heavy atom. The predicted octanol–water partition coefficient (Wildman–Crippen LogP) is 1.27. The SMILES string of the molecule is NC(CCCCB(O)O)c1nnnn1Cc1ccc(Br)cc1F. The fourth-order valence-corrected chi connectivity index (χ4v) is 2.55. The molecule has 0 fully saturated rings. The van der Waals surface area contributed by atoms with Gasteiger partial charge in [-0.25, -0.2) is 9.07 Å². The first-order valence-electron chi connectivity index (χ1n) is 7.29. The summed E-state index contributed by atoms with van der Waals surface area (Å²) in [6.45, 7) is 0.199. The molecule has 0 bridgehead atoms. The summed E-state index contributed by atoms with van der Waals surface area (Å²) in [5.41, 5.74) is 6.55. The van der Waals surface area contributed by atoms with Crippen LogP contribution in [0.25, 0.3) is 0 Å². The Kier molecular flexibility index (Phi) is 6.64. The first-order chi connectivity index (χ1) is 11.0. The normalized spacial score (nSPS) is 12.4. The maximum absolute atomic E-state index is 13.9. The molecule has 0 radical (unpaired) electrons. The van der Waals surface area contributed by atoms with Crippen molar-refractivity contribution in [3.8, 4) is 0 Å². The molecule has 124 valence electrons. The van der Waals surface area contributed by atoms with E-state index < -0.39 is 7.12 Å². The molecule has 0 saturated heterocycles. The highest BCUT2D eigenvalue weighted by molar-refractivity contribution is 9.10. The van der Waals surface area contributed by atoms with Gasteiger partial charge in [0, 0.05) is 10.0 Å². The second kappa shape index (κ2) is 8.48. The second-order valence-electron chi connectivity index (χ2n) is 5.30. The van der Waals surface area contributed by atoms with Crippen molar-refractivity contribution >= 4 is 23.0 Å². The van der Waals surface area contributed by atoms with Gasteiger partial charge in [0.05, 0.1) is 12.6 Å². The molecule has 1 heterocycles. The number of halogens is 2. The minimum Gasteiger partial charge on any atom is -0.427 e. The Bertz CT molecular complexity index is 643. The number of nitrogens with zero attached hydrogens (tertiary/aromatic N) is 4. The molecule has 0 spiro atoms. The largest absolute Gasteiger partial charge is 0.451 e. The van der Waals surface area contributed by atoms with E-state index in [9.17, 15) is 4.39 Å². The molecule has 10 heteroatoms. The lowest BCUT2D eigenvalue weighted by atomic mass is 9.83. The third-order valence-electron chi connectivity index (χ3n) is 3.45. The molecule has 0 aliphatic rings. The number of aromatic nitrogens is 4. The van der Waals surface area contributed by atoms with E-state index in [0.29, 0.717) is 35.0 Å². The molecule has 0 amide bonds. The van der Waals surface area contributed by atoms with Crippen LogP contribution in [0.4, 0.5) is 4.39 Å². The van der Waals surface area contributed by atoms with Gasteiger partial charge in [0.25, 0.3) is 0 Å². The highest BCUT2D eigenvalue weighted by Gasteiger charge is 2.17. The van der Waals surface area contributed by atoms with Crippen molar-refractivity contribution in [1.82, 2.24) is 20.2 Å². The van der Waals surface area contributed by atoms with Crippen molar-refractivity contribution in [1.29, 1.82) is 0 Å². The zero-order chi connectivity index (χ0) is 16.8. The molecule has 0 saturated carbocycles. The molecular weight excluding hydrogens is 368 g/mol. The van der Waals surface area contributed by atoms with Crippen LogP contribution in [0.2, 0.25) is 6.32 Å².